The van der Waals surface area contributed by atoms with Crippen LogP contribution in [0.2, 0.25) is 10.0 Å². The first-order valence-electron chi connectivity index (χ1n) is 11.8. The smallest absolute Gasteiger partial charge is 0.270 e. The molecule has 4 aromatic rings. The first-order valence-corrected chi connectivity index (χ1v) is 12.9. The Bertz CT molecular complexity index is 1590. The van der Waals surface area contributed by atoms with Crippen molar-refractivity contribution in [1.82, 2.24) is 9.88 Å². The third-order valence-corrected chi connectivity index (χ3v) is 7.40. The van der Waals surface area contributed by atoms with Gasteiger partial charge in [-0.15, -0.1) is 0 Å². The highest BCUT2D eigenvalue weighted by molar-refractivity contribution is 7.80. The van der Waals surface area contributed by atoms with Crippen LogP contribution in [0.15, 0.2) is 78.5 Å². The second-order valence-electron chi connectivity index (χ2n) is 9.18. The highest BCUT2D eigenvalue weighted by Gasteiger charge is 2.34. The number of aromatic nitrogens is 1. The maximum Gasteiger partial charge on any atom is 0.270 e. The van der Waals surface area contributed by atoms with Crippen LogP contribution in [0.4, 0.5) is 5.69 Å². The van der Waals surface area contributed by atoms with Gasteiger partial charge in [0.2, 0.25) is 0 Å². The summed E-state index contributed by atoms with van der Waals surface area (Å²) < 4.78 is 2.06. The molecule has 1 aliphatic heterocycles. The minimum atomic E-state index is -0.522. The molecule has 0 unspecified atom stereocenters. The van der Waals surface area contributed by atoms with Gasteiger partial charge in [0.25, 0.3) is 11.8 Å². The lowest BCUT2D eigenvalue weighted by Crippen LogP contribution is -2.54. The van der Waals surface area contributed by atoms with Gasteiger partial charge in [-0.1, -0.05) is 73.4 Å². The molecule has 1 aromatic heterocycles. The molecule has 0 atom stereocenters. The Hall–Kier alpha value is -3.45. The average Bonchev–Trinajstić information content (AvgIpc) is 3.21. The topological polar surface area (TPSA) is 54.3 Å². The molecule has 0 saturated carbocycles. The van der Waals surface area contributed by atoms with E-state index in [2.05, 4.69) is 23.7 Å². The van der Waals surface area contributed by atoms with Gasteiger partial charge >= 0.3 is 0 Å². The maximum absolute atomic E-state index is 13.5. The Balaban J connectivity index is 1.53. The van der Waals surface area contributed by atoms with Crippen LogP contribution in [0.25, 0.3) is 17.0 Å². The molecule has 5 rings (SSSR count). The molecule has 2 amide bonds. The van der Waals surface area contributed by atoms with E-state index in [1.165, 1.54) is 4.90 Å². The molecule has 2 heterocycles. The summed E-state index contributed by atoms with van der Waals surface area (Å²) in [6.07, 6.45) is 3.55. The summed E-state index contributed by atoms with van der Waals surface area (Å²) in [4.78, 5) is 27.8. The van der Waals surface area contributed by atoms with E-state index in [4.69, 9.17) is 35.4 Å². The largest absolute Gasteiger partial charge is 0.342 e. The van der Waals surface area contributed by atoms with Crippen LogP contribution in [0, 0.1) is 0 Å². The van der Waals surface area contributed by atoms with E-state index < -0.39 is 11.8 Å². The average molecular weight is 548 g/mol. The van der Waals surface area contributed by atoms with Crippen LogP contribution >= 0.6 is 35.4 Å². The van der Waals surface area contributed by atoms with E-state index >= 15 is 0 Å². The highest BCUT2D eigenvalue weighted by atomic mass is 35.5. The highest BCUT2D eigenvalue weighted by Crippen LogP contribution is 2.29. The van der Waals surface area contributed by atoms with Gasteiger partial charge in [-0.3, -0.25) is 19.8 Å². The molecule has 0 aliphatic carbocycles. The Kier molecular flexibility index (Phi) is 6.90. The molecule has 5 nitrogen and oxygen atoms in total. The molecule has 0 spiro atoms. The first kappa shape index (κ1) is 25.2. The molecular weight excluding hydrogens is 525 g/mol. The lowest BCUT2D eigenvalue weighted by molar-refractivity contribution is -0.122. The lowest BCUT2D eigenvalue weighted by Gasteiger charge is -2.29. The third kappa shape index (κ3) is 4.92. The van der Waals surface area contributed by atoms with Crippen molar-refractivity contribution in [2.45, 2.75) is 26.3 Å². The Morgan fingerprint density at radius 2 is 1.70 bits per heavy atom. The second kappa shape index (κ2) is 10.1. The van der Waals surface area contributed by atoms with Gasteiger partial charge in [0.05, 0.1) is 15.7 Å². The van der Waals surface area contributed by atoms with Crippen molar-refractivity contribution >= 4 is 75.0 Å². The van der Waals surface area contributed by atoms with E-state index in [1.54, 1.807) is 12.1 Å². The van der Waals surface area contributed by atoms with E-state index in [0.717, 1.165) is 27.6 Å². The van der Waals surface area contributed by atoms with E-state index in [9.17, 15) is 9.59 Å². The predicted octanol–water partition coefficient (Wildman–Crippen LogP) is 6.95. The quantitative estimate of drug-likeness (QED) is 0.167. The number of nitrogens with one attached hydrogen (secondary N) is 1. The fourth-order valence-electron chi connectivity index (χ4n) is 4.41. The number of nitrogens with zero attached hydrogens (tertiary/aromatic N) is 2. The predicted molar refractivity (Wildman–Crippen MR) is 154 cm³/mol. The van der Waals surface area contributed by atoms with Crippen molar-refractivity contribution in [2.24, 2.45) is 0 Å². The van der Waals surface area contributed by atoms with E-state index in [-0.39, 0.29) is 10.7 Å². The molecule has 186 valence electrons. The van der Waals surface area contributed by atoms with Gasteiger partial charge in [-0.25, -0.2) is 0 Å². The van der Waals surface area contributed by atoms with Crippen LogP contribution in [0.1, 0.15) is 36.5 Å². The zero-order valence-corrected chi connectivity index (χ0v) is 22.5. The first-order chi connectivity index (χ1) is 17.7. The van der Waals surface area contributed by atoms with Crippen LogP contribution in [0.3, 0.4) is 0 Å². The number of amides is 2. The van der Waals surface area contributed by atoms with Crippen molar-refractivity contribution in [3.8, 4) is 0 Å². The fourth-order valence-corrected chi connectivity index (χ4v) is 5.01. The van der Waals surface area contributed by atoms with Gasteiger partial charge in [0, 0.05) is 29.2 Å². The van der Waals surface area contributed by atoms with Crippen molar-refractivity contribution in [2.75, 3.05) is 4.90 Å². The number of para-hydroxylation sites is 1. The summed E-state index contributed by atoms with van der Waals surface area (Å²) in [7, 11) is 0. The minimum absolute atomic E-state index is 0.0129. The van der Waals surface area contributed by atoms with Gasteiger partial charge < -0.3 is 4.57 Å². The number of thiocarbonyl (C=S) groups is 1. The molecular formula is C29H23Cl2N3O2S. The molecule has 37 heavy (non-hydrogen) atoms. The number of rotatable bonds is 5. The molecule has 0 bridgehead atoms. The standard InChI is InChI=1S/C29H23Cl2N3O2S/c1-17(2)19-8-10-21(11-9-19)34-28(36)23(27(35)32-29(34)37)14-20-16-33(26-6-4-3-5-22(20)26)15-18-7-12-24(30)25(31)13-18/h3-14,16-17H,15H2,1-2H3,(H,32,35,37)/b23-14+. The summed E-state index contributed by atoms with van der Waals surface area (Å²) in [5, 5.41) is 4.63. The van der Waals surface area contributed by atoms with Crippen LogP contribution in [-0.2, 0) is 16.1 Å². The molecule has 3 aromatic carbocycles. The molecule has 1 N–H and O–H groups in total. The summed E-state index contributed by atoms with van der Waals surface area (Å²) in [6, 6.07) is 21.0. The number of fused-ring (bicyclic) bond motifs is 1. The van der Waals surface area contributed by atoms with Gasteiger partial charge in [-0.2, -0.15) is 0 Å². The van der Waals surface area contributed by atoms with E-state index in [1.807, 2.05) is 66.9 Å². The number of hydrogen-bond acceptors (Lipinski definition) is 3. The molecule has 1 saturated heterocycles. The van der Waals surface area contributed by atoms with Gasteiger partial charge in [0.1, 0.15) is 5.57 Å². The number of hydrogen-bond donors (Lipinski definition) is 1. The van der Waals surface area contributed by atoms with Crippen LogP contribution in [0.5, 0.6) is 0 Å². The maximum atomic E-state index is 13.5. The van der Waals surface area contributed by atoms with E-state index in [0.29, 0.717) is 28.2 Å². The minimum Gasteiger partial charge on any atom is -0.342 e. The summed E-state index contributed by atoms with van der Waals surface area (Å²) >= 11 is 17.7. The number of halogens is 2. The molecule has 1 aliphatic rings. The number of anilines is 1. The van der Waals surface area contributed by atoms with Crippen molar-refractivity contribution in [3.05, 3.63) is 105 Å². The Morgan fingerprint density at radius 3 is 2.41 bits per heavy atom. The monoisotopic (exact) mass is 547 g/mol. The zero-order chi connectivity index (χ0) is 26.3. The molecule has 1 fully saturated rings. The SMILES string of the molecule is CC(C)c1ccc(N2C(=O)/C(=C/c3cn(Cc4ccc(Cl)c(Cl)c4)c4ccccc34)C(=O)NC2=S)cc1. The number of benzene rings is 3. The van der Waals surface area contributed by atoms with Crippen molar-refractivity contribution in [1.29, 1.82) is 0 Å². The third-order valence-electron chi connectivity index (χ3n) is 6.38. The zero-order valence-electron chi connectivity index (χ0n) is 20.2. The summed E-state index contributed by atoms with van der Waals surface area (Å²) in [6.45, 7) is 4.74. The van der Waals surface area contributed by atoms with Crippen molar-refractivity contribution in [3.63, 3.8) is 0 Å². The summed E-state index contributed by atoms with van der Waals surface area (Å²) in [5.41, 5.74) is 4.44. The van der Waals surface area contributed by atoms with Crippen molar-refractivity contribution < 1.29 is 9.59 Å². The van der Waals surface area contributed by atoms with Gasteiger partial charge in [0.15, 0.2) is 5.11 Å². The molecule has 8 heteroatoms. The number of carbonyl (C=O) groups excluding carboxylic acids is 2. The lowest BCUT2D eigenvalue weighted by atomic mass is 10.0. The molecule has 0 radical (unpaired) electrons. The van der Waals surface area contributed by atoms with Crippen LogP contribution < -0.4 is 10.2 Å². The Morgan fingerprint density at radius 1 is 0.973 bits per heavy atom. The van der Waals surface area contributed by atoms with Gasteiger partial charge in [-0.05, 0) is 65.7 Å². The normalized spacial score (nSPS) is 15.2. The number of carbonyl (C=O) groups is 2. The van der Waals surface area contributed by atoms with Crippen LogP contribution in [-0.4, -0.2) is 21.5 Å². The fraction of sp³-hybridized carbons (Fsp3) is 0.138. The summed E-state index contributed by atoms with van der Waals surface area (Å²) in [5.74, 6) is -0.631. The second-order valence-corrected chi connectivity index (χ2v) is 10.4. The Labute approximate surface area is 230 Å².